The average Bonchev–Trinajstić information content (AvgIpc) is 2.47. The zero-order valence-electron chi connectivity index (χ0n) is 11.4. The smallest absolute Gasteiger partial charge is 0.282 e. The molecule has 21 heavy (non-hydrogen) atoms. The van der Waals surface area contributed by atoms with Gasteiger partial charge in [0, 0.05) is 11.8 Å². The molecule has 0 aliphatic heterocycles. The van der Waals surface area contributed by atoms with Gasteiger partial charge in [0.1, 0.15) is 5.56 Å². The third-order valence-corrected chi connectivity index (χ3v) is 2.99. The van der Waals surface area contributed by atoms with E-state index in [1.165, 1.54) is 12.1 Å². The van der Waals surface area contributed by atoms with E-state index in [1.807, 2.05) is 0 Å². The van der Waals surface area contributed by atoms with Crippen molar-refractivity contribution >= 4 is 17.3 Å². The Bertz CT molecular complexity index is 681. The standard InChI is InChI=1S/C15H14N2O4/c1-10-2-7-14(17(20)21)13(8-10)15(19)16-12-5-3-11(9-18)4-6-12/h2-8,18H,9H2,1H3,(H,16,19). The summed E-state index contributed by atoms with van der Waals surface area (Å²) in [5.74, 6) is -0.540. The van der Waals surface area contributed by atoms with E-state index in [0.29, 0.717) is 5.69 Å². The molecule has 0 radical (unpaired) electrons. The molecule has 2 rings (SSSR count). The maximum Gasteiger partial charge on any atom is 0.282 e. The molecule has 2 aromatic rings. The summed E-state index contributed by atoms with van der Waals surface area (Å²) in [6, 6.07) is 11.0. The number of aryl methyl sites for hydroxylation is 1. The average molecular weight is 286 g/mol. The maximum absolute atomic E-state index is 12.2. The second-order valence-electron chi connectivity index (χ2n) is 4.59. The summed E-state index contributed by atoms with van der Waals surface area (Å²) < 4.78 is 0. The number of amides is 1. The fraction of sp³-hybridized carbons (Fsp3) is 0.133. The highest BCUT2D eigenvalue weighted by Crippen LogP contribution is 2.21. The minimum atomic E-state index is -0.580. The van der Waals surface area contributed by atoms with Gasteiger partial charge in [0.25, 0.3) is 11.6 Å². The zero-order valence-corrected chi connectivity index (χ0v) is 11.4. The van der Waals surface area contributed by atoms with Gasteiger partial charge in [-0.1, -0.05) is 18.2 Å². The summed E-state index contributed by atoms with van der Waals surface area (Å²) >= 11 is 0. The molecular formula is C15H14N2O4. The summed E-state index contributed by atoms with van der Waals surface area (Å²) in [6.07, 6.45) is 0. The van der Waals surface area contributed by atoms with Gasteiger partial charge >= 0.3 is 0 Å². The number of nitrogens with one attached hydrogen (secondary N) is 1. The van der Waals surface area contributed by atoms with E-state index in [9.17, 15) is 14.9 Å². The molecule has 1 amide bonds. The van der Waals surface area contributed by atoms with Crippen LogP contribution in [0.1, 0.15) is 21.5 Å². The van der Waals surface area contributed by atoms with E-state index >= 15 is 0 Å². The van der Waals surface area contributed by atoms with Crippen molar-refractivity contribution in [3.8, 4) is 0 Å². The lowest BCUT2D eigenvalue weighted by atomic mass is 10.1. The molecule has 6 nitrogen and oxygen atoms in total. The number of aliphatic hydroxyl groups excluding tert-OH is 1. The number of benzene rings is 2. The molecule has 0 aliphatic carbocycles. The second-order valence-corrected chi connectivity index (χ2v) is 4.59. The SMILES string of the molecule is Cc1ccc([N+](=O)[O-])c(C(=O)Nc2ccc(CO)cc2)c1. The summed E-state index contributed by atoms with van der Waals surface area (Å²) in [5, 5.41) is 22.5. The van der Waals surface area contributed by atoms with Gasteiger partial charge in [-0.25, -0.2) is 0 Å². The molecular weight excluding hydrogens is 272 g/mol. The molecule has 0 heterocycles. The van der Waals surface area contributed by atoms with Crippen LogP contribution in [0.5, 0.6) is 0 Å². The molecule has 0 fully saturated rings. The van der Waals surface area contributed by atoms with Crippen molar-refractivity contribution in [2.45, 2.75) is 13.5 Å². The molecule has 0 saturated heterocycles. The molecule has 0 atom stereocenters. The number of nitrogens with zero attached hydrogens (tertiary/aromatic N) is 1. The number of hydrogen-bond donors (Lipinski definition) is 2. The lowest BCUT2D eigenvalue weighted by molar-refractivity contribution is -0.385. The van der Waals surface area contributed by atoms with Crippen LogP contribution >= 0.6 is 0 Å². The Morgan fingerprint density at radius 2 is 1.90 bits per heavy atom. The van der Waals surface area contributed by atoms with Crippen LogP contribution in [0.3, 0.4) is 0 Å². The minimum Gasteiger partial charge on any atom is -0.392 e. The van der Waals surface area contributed by atoms with Crippen LogP contribution < -0.4 is 5.32 Å². The number of rotatable bonds is 4. The summed E-state index contributed by atoms with van der Waals surface area (Å²) in [7, 11) is 0. The number of carbonyl (C=O) groups excluding carboxylic acids is 1. The quantitative estimate of drug-likeness (QED) is 0.667. The Kier molecular flexibility index (Phi) is 4.30. The maximum atomic E-state index is 12.2. The molecule has 2 aromatic carbocycles. The number of anilines is 1. The van der Waals surface area contributed by atoms with E-state index in [4.69, 9.17) is 5.11 Å². The topological polar surface area (TPSA) is 92.5 Å². The van der Waals surface area contributed by atoms with Gasteiger partial charge in [-0.05, 0) is 36.2 Å². The lowest BCUT2D eigenvalue weighted by Crippen LogP contribution is -2.14. The van der Waals surface area contributed by atoms with Gasteiger partial charge in [-0.3, -0.25) is 14.9 Å². The highest BCUT2D eigenvalue weighted by molar-refractivity contribution is 6.07. The van der Waals surface area contributed by atoms with Crippen molar-refractivity contribution in [1.29, 1.82) is 0 Å². The third kappa shape index (κ3) is 3.43. The van der Waals surface area contributed by atoms with Crippen molar-refractivity contribution in [2.24, 2.45) is 0 Å². The van der Waals surface area contributed by atoms with Crippen LogP contribution in [0.2, 0.25) is 0 Å². The van der Waals surface area contributed by atoms with Crippen LogP contribution in [-0.2, 0) is 6.61 Å². The van der Waals surface area contributed by atoms with Crippen LogP contribution in [0.4, 0.5) is 11.4 Å². The highest BCUT2D eigenvalue weighted by atomic mass is 16.6. The number of carbonyl (C=O) groups is 1. The summed E-state index contributed by atoms with van der Waals surface area (Å²) in [5.41, 5.74) is 1.78. The summed E-state index contributed by atoms with van der Waals surface area (Å²) in [4.78, 5) is 22.6. The first-order valence-electron chi connectivity index (χ1n) is 6.27. The number of hydrogen-bond acceptors (Lipinski definition) is 4. The Hall–Kier alpha value is -2.73. The first-order valence-corrected chi connectivity index (χ1v) is 6.27. The number of aliphatic hydroxyl groups is 1. The zero-order chi connectivity index (χ0) is 15.4. The highest BCUT2D eigenvalue weighted by Gasteiger charge is 2.20. The van der Waals surface area contributed by atoms with Crippen LogP contribution in [0.15, 0.2) is 42.5 Å². The fourth-order valence-corrected chi connectivity index (χ4v) is 1.88. The second kappa shape index (κ2) is 6.15. The van der Waals surface area contributed by atoms with Crippen molar-refractivity contribution < 1.29 is 14.8 Å². The Morgan fingerprint density at radius 1 is 1.24 bits per heavy atom. The van der Waals surface area contributed by atoms with Crippen LogP contribution in [0.25, 0.3) is 0 Å². The number of nitro groups is 1. The molecule has 0 aliphatic rings. The Morgan fingerprint density at radius 3 is 2.48 bits per heavy atom. The predicted octanol–water partition coefficient (Wildman–Crippen LogP) is 2.65. The largest absolute Gasteiger partial charge is 0.392 e. The minimum absolute atomic E-state index is 0.0197. The normalized spacial score (nSPS) is 10.2. The van der Waals surface area contributed by atoms with E-state index < -0.39 is 10.8 Å². The van der Waals surface area contributed by atoms with Crippen molar-refractivity contribution in [1.82, 2.24) is 0 Å². The van der Waals surface area contributed by atoms with E-state index in [-0.39, 0.29) is 17.9 Å². The Balaban J connectivity index is 2.27. The molecule has 108 valence electrons. The van der Waals surface area contributed by atoms with Gasteiger partial charge < -0.3 is 10.4 Å². The number of nitro benzene ring substituents is 1. The molecule has 0 aromatic heterocycles. The van der Waals surface area contributed by atoms with E-state index in [0.717, 1.165) is 11.1 Å². The summed E-state index contributed by atoms with van der Waals surface area (Å²) in [6.45, 7) is 1.67. The first-order chi connectivity index (χ1) is 10.0. The van der Waals surface area contributed by atoms with Gasteiger partial charge in [0.15, 0.2) is 0 Å². The lowest BCUT2D eigenvalue weighted by Gasteiger charge is -2.07. The molecule has 0 unspecified atom stereocenters. The van der Waals surface area contributed by atoms with Gasteiger partial charge in [-0.2, -0.15) is 0 Å². The fourth-order valence-electron chi connectivity index (χ4n) is 1.88. The Labute approximate surface area is 121 Å². The van der Waals surface area contributed by atoms with Gasteiger partial charge in [0.2, 0.25) is 0 Å². The van der Waals surface area contributed by atoms with Crippen LogP contribution in [0, 0.1) is 17.0 Å². The third-order valence-electron chi connectivity index (χ3n) is 2.99. The molecule has 2 N–H and O–H groups in total. The van der Waals surface area contributed by atoms with Crippen molar-refractivity contribution in [2.75, 3.05) is 5.32 Å². The van der Waals surface area contributed by atoms with Crippen molar-refractivity contribution in [3.05, 3.63) is 69.3 Å². The van der Waals surface area contributed by atoms with E-state index in [2.05, 4.69) is 5.32 Å². The van der Waals surface area contributed by atoms with Crippen LogP contribution in [-0.4, -0.2) is 15.9 Å². The molecule has 0 spiro atoms. The molecule has 6 heteroatoms. The molecule has 0 saturated carbocycles. The first kappa shape index (κ1) is 14.7. The monoisotopic (exact) mass is 286 g/mol. The van der Waals surface area contributed by atoms with Gasteiger partial charge in [-0.15, -0.1) is 0 Å². The molecule has 0 bridgehead atoms. The van der Waals surface area contributed by atoms with Crippen molar-refractivity contribution in [3.63, 3.8) is 0 Å². The van der Waals surface area contributed by atoms with E-state index in [1.54, 1.807) is 37.3 Å². The predicted molar refractivity (Wildman–Crippen MR) is 78.2 cm³/mol. The van der Waals surface area contributed by atoms with Gasteiger partial charge in [0.05, 0.1) is 11.5 Å².